The molecule has 0 radical (unpaired) electrons. The van der Waals surface area contributed by atoms with Crippen LogP contribution in [-0.2, 0) is 11.2 Å². The Labute approximate surface area is 142 Å². The molecule has 1 unspecified atom stereocenters. The van der Waals surface area contributed by atoms with Crippen LogP contribution in [0, 0.1) is 0 Å². The number of carbonyl (C=O) groups excluding carboxylic acids is 1. The number of nitrogens with zero attached hydrogens (tertiary/aromatic N) is 1. The minimum atomic E-state index is -0.507. The molecule has 1 amide bonds. The molecule has 1 aromatic heterocycles. The lowest BCUT2D eigenvalue weighted by Gasteiger charge is -2.22. The number of rotatable bonds is 2. The summed E-state index contributed by atoms with van der Waals surface area (Å²) < 4.78 is 11.3. The fraction of sp³-hybridized carbons (Fsp3) is 0.368. The van der Waals surface area contributed by atoms with Crippen LogP contribution in [0.25, 0.3) is 0 Å². The molecule has 0 fully saturated rings. The molecule has 1 aliphatic heterocycles. The van der Waals surface area contributed by atoms with Gasteiger partial charge in [-0.25, -0.2) is 4.79 Å². The Hall–Kier alpha value is -2.56. The number of nitrogens with one attached hydrogen (secondary N) is 1. The van der Waals surface area contributed by atoms with Gasteiger partial charge in [0.25, 0.3) is 0 Å². The van der Waals surface area contributed by atoms with Crippen LogP contribution in [0.3, 0.4) is 0 Å². The van der Waals surface area contributed by atoms with E-state index in [0.29, 0.717) is 6.54 Å². The first kappa shape index (κ1) is 16.3. The van der Waals surface area contributed by atoms with E-state index in [2.05, 4.69) is 10.3 Å². The van der Waals surface area contributed by atoms with Gasteiger partial charge in [0.2, 0.25) is 0 Å². The van der Waals surface area contributed by atoms with Crippen molar-refractivity contribution in [2.45, 2.75) is 38.7 Å². The van der Waals surface area contributed by atoms with Gasteiger partial charge in [-0.15, -0.1) is 0 Å². The van der Waals surface area contributed by atoms with Gasteiger partial charge in [-0.3, -0.25) is 4.98 Å². The molecule has 5 heteroatoms. The molecule has 2 heterocycles. The first-order chi connectivity index (χ1) is 11.4. The first-order valence-corrected chi connectivity index (χ1v) is 8.09. The van der Waals surface area contributed by atoms with Crippen molar-refractivity contribution in [1.29, 1.82) is 0 Å². The van der Waals surface area contributed by atoms with Crippen LogP contribution < -0.4 is 10.1 Å². The molecule has 1 N–H and O–H groups in total. The fourth-order valence-electron chi connectivity index (χ4n) is 2.78. The van der Waals surface area contributed by atoms with E-state index in [1.165, 1.54) is 0 Å². The zero-order valence-corrected chi connectivity index (χ0v) is 14.2. The number of pyridine rings is 1. The molecule has 1 aromatic carbocycles. The summed E-state index contributed by atoms with van der Waals surface area (Å²) >= 11 is 0. The van der Waals surface area contributed by atoms with Crippen LogP contribution in [0.4, 0.5) is 4.79 Å². The lowest BCUT2D eigenvalue weighted by atomic mass is 9.92. The lowest BCUT2D eigenvalue weighted by Crippen LogP contribution is -2.35. The predicted molar refractivity (Wildman–Crippen MR) is 91.4 cm³/mol. The molecule has 0 saturated heterocycles. The summed E-state index contributed by atoms with van der Waals surface area (Å²) in [6, 6.07) is 9.87. The third-order valence-electron chi connectivity index (χ3n) is 3.81. The molecule has 0 spiro atoms. The molecule has 0 bridgehead atoms. The average molecular weight is 326 g/mol. The zero-order valence-electron chi connectivity index (χ0n) is 14.2. The molecule has 24 heavy (non-hydrogen) atoms. The van der Waals surface area contributed by atoms with E-state index in [9.17, 15) is 4.79 Å². The number of benzene rings is 1. The number of fused-ring (bicyclic) bond motifs is 2. The number of aromatic nitrogens is 1. The minimum Gasteiger partial charge on any atom is -0.455 e. The van der Waals surface area contributed by atoms with Crippen LogP contribution in [0.1, 0.15) is 37.8 Å². The molecule has 0 aliphatic carbocycles. The highest BCUT2D eigenvalue weighted by Gasteiger charge is 2.24. The van der Waals surface area contributed by atoms with Crippen molar-refractivity contribution in [3.05, 3.63) is 53.9 Å². The van der Waals surface area contributed by atoms with Crippen molar-refractivity contribution in [2.24, 2.45) is 0 Å². The maximum atomic E-state index is 12.0. The van der Waals surface area contributed by atoms with Gasteiger partial charge in [-0.2, -0.15) is 0 Å². The lowest BCUT2D eigenvalue weighted by molar-refractivity contribution is 0.0524. The number of ether oxygens (including phenoxy) is 2. The number of hydrogen-bond donors (Lipinski definition) is 1. The highest BCUT2D eigenvalue weighted by Crippen LogP contribution is 2.38. The van der Waals surface area contributed by atoms with Gasteiger partial charge in [0, 0.05) is 18.7 Å². The van der Waals surface area contributed by atoms with E-state index in [0.717, 1.165) is 29.0 Å². The monoisotopic (exact) mass is 326 g/mol. The van der Waals surface area contributed by atoms with E-state index in [-0.39, 0.29) is 5.92 Å². The SMILES string of the molecule is CC(C)(C)OC(=O)NCC1Cc2ccncc2Oc2ccccc21. The third kappa shape index (κ3) is 3.85. The molecule has 5 nitrogen and oxygen atoms in total. The van der Waals surface area contributed by atoms with Gasteiger partial charge in [0.1, 0.15) is 17.1 Å². The van der Waals surface area contributed by atoms with E-state index >= 15 is 0 Å². The second-order valence-electron chi connectivity index (χ2n) is 6.91. The molecule has 2 aromatic rings. The van der Waals surface area contributed by atoms with Crippen LogP contribution in [0.2, 0.25) is 0 Å². The molecular formula is C19H22N2O3. The maximum Gasteiger partial charge on any atom is 0.407 e. The van der Waals surface area contributed by atoms with Crippen molar-refractivity contribution < 1.29 is 14.3 Å². The van der Waals surface area contributed by atoms with Gasteiger partial charge < -0.3 is 14.8 Å². The highest BCUT2D eigenvalue weighted by molar-refractivity contribution is 5.67. The number of carbonyl (C=O) groups is 1. The fourth-order valence-corrected chi connectivity index (χ4v) is 2.78. The summed E-state index contributed by atoms with van der Waals surface area (Å²) in [5.41, 5.74) is 1.65. The van der Waals surface area contributed by atoms with Crippen LogP contribution >= 0.6 is 0 Å². The Morgan fingerprint density at radius 2 is 2.08 bits per heavy atom. The molecule has 1 atom stereocenters. The van der Waals surface area contributed by atoms with Gasteiger partial charge in [0.05, 0.1) is 6.20 Å². The number of para-hydroxylation sites is 1. The second-order valence-corrected chi connectivity index (χ2v) is 6.91. The topological polar surface area (TPSA) is 60.5 Å². The summed E-state index contributed by atoms with van der Waals surface area (Å²) in [5.74, 6) is 1.68. The number of alkyl carbamates (subject to hydrolysis) is 1. The molecule has 0 saturated carbocycles. The Morgan fingerprint density at radius 3 is 2.88 bits per heavy atom. The van der Waals surface area contributed by atoms with Gasteiger partial charge in [-0.1, -0.05) is 18.2 Å². The largest absolute Gasteiger partial charge is 0.455 e. The molecule has 3 rings (SSSR count). The highest BCUT2D eigenvalue weighted by atomic mass is 16.6. The molecule has 1 aliphatic rings. The van der Waals surface area contributed by atoms with Crippen molar-refractivity contribution in [3.63, 3.8) is 0 Å². The first-order valence-electron chi connectivity index (χ1n) is 8.09. The number of amides is 1. The zero-order chi connectivity index (χ0) is 17.2. The Balaban J connectivity index is 1.80. The van der Waals surface area contributed by atoms with E-state index < -0.39 is 11.7 Å². The number of hydrogen-bond acceptors (Lipinski definition) is 4. The van der Waals surface area contributed by atoms with Crippen molar-refractivity contribution >= 4 is 6.09 Å². The maximum absolute atomic E-state index is 12.0. The normalized spacial score (nSPS) is 16.2. The van der Waals surface area contributed by atoms with Crippen LogP contribution in [0.5, 0.6) is 11.5 Å². The standard InChI is InChI=1S/C19H22N2O3/c1-19(2,3)24-18(22)21-11-14-10-13-8-9-20-12-17(13)23-16-7-5-4-6-15(14)16/h4-9,12,14H,10-11H2,1-3H3,(H,21,22). The Bertz CT molecular complexity index is 737. The second kappa shape index (κ2) is 6.51. The van der Waals surface area contributed by atoms with Crippen molar-refractivity contribution in [2.75, 3.05) is 6.54 Å². The van der Waals surface area contributed by atoms with E-state index in [1.807, 2.05) is 51.1 Å². The van der Waals surface area contributed by atoms with Crippen molar-refractivity contribution in [1.82, 2.24) is 10.3 Å². The van der Waals surface area contributed by atoms with Crippen molar-refractivity contribution in [3.8, 4) is 11.5 Å². The van der Waals surface area contributed by atoms with Crippen LogP contribution in [0.15, 0.2) is 42.7 Å². The van der Waals surface area contributed by atoms with E-state index in [4.69, 9.17) is 9.47 Å². The summed E-state index contributed by atoms with van der Waals surface area (Å²) in [7, 11) is 0. The minimum absolute atomic E-state index is 0.109. The molecular weight excluding hydrogens is 304 g/mol. The summed E-state index contributed by atoms with van der Waals surface area (Å²) in [6.07, 6.45) is 3.86. The predicted octanol–water partition coefficient (Wildman–Crippen LogP) is 4.04. The van der Waals surface area contributed by atoms with Crippen LogP contribution in [-0.4, -0.2) is 23.2 Å². The summed E-state index contributed by atoms with van der Waals surface area (Å²) in [5, 5.41) is 2.88. The van der Waals surface area contributed by atoms with Gasteiger partial charge >= 0.3 is 6.09 Å². The Morgan fingerprint density at radius 1 is 1.29 bits per heavy atom. The van der Waals surface area contributed by atoms with E-state index in [1.54, 1.807) is 12.4 Å². The summed E-state index contributed by atoms with van der Waals surface area (Å²) in [4.78, 5) is 16.1. The average Bonchev–Trinajstić information content (AvgIpc) is 2.67. The smallest absolute Gasteiger partial charge is 0.407 e. The molecule has 126 valence electrons. The van der Waals surface area contributed by atoms with Gasteiger partial charge in [-0.05, 0) is 50.5 Å². The quantitative estimate of drug-likeness (QED) is 0.905. The third-order valence-corrected chi connectivity index (χ3v) is 3.81. The summed E-state index contributed by atoms with van der Waals surface area (Å²) in [6.45, 7) is 6.04. The van der Waals surface area contributed by atoms with Gasteiger partial charge in [0.15, 0.2) is 0 Å². The Kier molecular flexibility index (Phi) is 4.42.